The normalized spacial score (nSPS) is 28.8. The summed E-state index contributed by atoms with van der Waals surface area (Å²) in [4.78, 5) is 14.1. The van der Waals surface area contributed by atoms with Gasteiger partial charge in [0.1, 0.15) is 11.2 Å². The minimum absolute atomic E-state index is 0.130. The van der Waals surface area contributed by atoms with E-state index in [2.05, 4.69) is 12.1 Å². The summed E-state index contributed by atoms with van der Waals surface area (Å²) in [5.74, 6) is 0. The third kappa shape index (κ3) is 2.29. The van der Waals surface area contributed by atoms with E-state index in [1.165, 1.54) is 0 Å². The minimum Gasteiger partial charge on any atom is -0.444 e. The second kappa shape index (κ2) is 4.48. The number of hydrogen-bond acceptors (Lipinski definition) is 3. The lowest BCUT2D eigenvalue weighted by molar-refractivity contribution is -0.0558. The first-order chi connectivity index (χ1) is 9.40. The van der Waals surface area contributed by atoms with Crippen molar-refractivity contribution in [3.8, 4) is 0 Å². The van der Waals surface area contributed by atoms with Gasteiger partial charge >= 0.3 is 6.09 Å². The summed E-state index contributed by atoms with van der Waals surface area (Å²) < 4.78 is 11.5. The molecule has 0 N–H and O–H groups in total. The van der Waals surface area contributed by atoms with Crippen LogP contribution in [0.1, 0.15) is 32.8 Å². The molecule has 2 heterocycles. The summed E-state index contributed by atoms with van der Waals surface area (Å²) in [5, 5.41) is 0. The van der Waals surface area contributed by atoms with Gasteiger partial charge in [-0.2, -0.15) is 0 Å². The fourth-order valence-electron chi connectivity index (χ4n) is 3.04. The predicted octanol–water partition coefficient (Wildman–Crippen LogP) is 2.92. The standard InChI is InChI=1S/C16H21NO3/c1-15(2,3)20-14(18)17-11-16(9-13(17)10-19-16)12-7-5-4-6-8-12/h4-8,13H,9-11H2,1-3H3/t13-,16-/m0/s1. The third-order valence-electron chi connectivity index (χ3n) is 3.91. The zero-order valence-electron chi connectivity index (χ0n) is 12.3. The molecule has 2 bridgehead atoms. The minimum atomic E-state index is -0.459. The summed E-state index contributed by atoms with van der Waals surface area (Å²) in [5.41, 5.74) is 0.344. The van der Waals surface area contributed by atoms with Crippen LogP contribution < -0.4 is 0 Å². The van der Waals surface area contributed by atoms with Crippen molar-refractivity contribution in [2.24, 2.45) is 0 Å². The van der Waals surface area contributed by atoms with Crippen molar-refractivity contribution >= 4 is 6.09 Å². The summed E-state index contributed by atoms with van der Waals surface area (Å²) in [6.07, 6.45) is 0.625. The maximum atomic E-state index is 12.3. The molecule has 1 aromatic carbocycles. The maximum absolute atomic E-state index is 12.3. The van der Waals surface area contributed by atoms with E-state index >= 15 is 0 Å². The lowest BCUT2D eigenvalue weighted by atomic mass is 9.93. The zero-order valence-corrected chi connectivity index (χ0v) is 12.3. The number of morpholine rings is 1. The van der Waals surface area contributed by atoms with Crippen molar-refractivity contribution in [2.75, 3.05) is 13.2 Å². The molecule has 2 aliphatic heterocycles. The number of carbonyl (C=O) groups is 1. The number of nitrogens with zero attached hydrogens (tertiary/aromatic N) is 1. The van der Waals surface area contributed by atoms with Crippen LogP contribution >= 0.6 is 0 Å². The van der Waals surface area contributed by atoms with Crippen molar-refractivity contribution in [3.05, 3.63) is 35.9 Å². The Hall–Kier alpha value is -1.55. The summed E-state index contributed by atoms with van der Waals surface area (Å²) in [6, 6.07) is 10.3. The Morgan fingerprint density at radius 3 is 2.70 bits per heavy atom. The van der Waals surface area contributed by atoms with Gasteiger partial charge in [-0.1, -0.05) is 30.3 Å². The molecule has 2 saturated heterocycles. The predicted molar refractivity (Wildman–Crippen MR) is 75.4 cm³/mol. The molecular formula is C16H21NO3. The van der Waals surface area contributed by atoms with E-state index in [0.717, 1.165) is 12.0 Å². The smallest absolute Gasteiger partial charge is 0.410 e. The number of benzene rings is 1. The molecule has 0 saturated carbocycles. The van der Waals surface area contributed by atoms with E-state index in [0.29, 0.717) is 13.2 Å². The fraction of sp³-hybridized carbons (Fsp3) is 0.562. The first kappa shape index (κ1) is 13.4. The van der Waals surface area contributed by atoms with Crippen LogP contribution in [0.5, 0.6) is 0 Å². The van der Waals surface area contributed by atoms with Gasteiger partial charge in [0.2, 0.25) is 0 Å². The Balaban J connectivity index is 1.79. The SMILES string of the molecule is CC(C)(C)OC(=O)N1C[C@]2(c3ccccc3)C[C@H]1CO2. The molecule has 2 aliphatic rings. The van der Waals surface area contributed by atoms with Gasteiger partial charge < -0.3 is 9.47 Å². The topological polar surface area (TPSA) is 38.8 Å². The van der Waals surface area contributed by atoms with E-state index in [1.807, 2.05) is 43.9 Å². The van der Waals surface area contributed by atoms with Gasteiger partial charge in [-0.15, -0.1) is 0 Å². The lowest BCUT2D eigenvalue weighted by Gasteiger charge is -2.34. The maximum Gasteiger partial charge on any atom is 0.410 e. The lowest BCUT2D eigenvalue weighted by Crippen LogP contribution is -2.46. The zero-order chi connectivity index (χ0) is 14.4. The summed E-state index contributed by atoms with van der Waals surface area (Å²) in [6.45, 7) is 6.85. The number of amides is 1. The van der Waals surface area contributed by atoms with E-state index in [-0.39, 0.29) is 17.7 Å². The van der Waals surface area contributed by atoms with Crippen LogP contribution in [0.2, 0.25) is 0 Å². The van der Waals surface area contributed by atoms with Crippen LogP contribution in [0.15, 0.2) is 30.3 Å². The van der Waals surface area contributed by atoms with E-state index in [9.17, 15) is 4.79 Å². The van der Waals surface area contributed by atoms with Crippen LogP contribution in [0.4, 0.5) is 4.79 Å². The summed E-state index contributed by atoms with van der Waals surface area (Å²) >= 11 is 0. The molecule has 4 nitrogen and oxygen atoms in total. The Labute approximate surface area is 119 Å². The van der Waals surface area contributed by atoms with Crippen molar-refractivity contribution in [1.82, 2.24) is 4.90 Å². The van der Waals surface area contributed by atoms with E-state index in [4.69, 9.17) is 9.47 Å². The quantitative estimate of drug-likeness (QED) is 0.791. The highest BCUT2D eigenvalue weighted by atomic mass is 16.6. The molecule has 0 spiro atoms. The molecule has 108 valence electrons. The van der Waals surface area contributed by atoms with E-state index in [1.54, 1.807) is 0 Å². The Morgan fingerprint density at radius 2 is 2.05 bits per heavy atom. The monoisotopic (exact) mass is 275 g/mol. The van der Waals surface area contributed by atoms with Gasteiger partial charge in [0.05, 0.1) is 19.2 Å². The van der Waals surface area contributed by atoms with Gasteiger partial charge in [0.25, 0.3) is 0 Å². The van der Waals surface area contributed by atoms with Crippen LogP contribution in [0.3, 0.4) is 0 Å². The number of ether oxygens (including phenoxy) is 2. The van der Waals surface area contributed by atoms with E-state index < -0.39 is 5.60 Å². The Bertz CT molecular complexity index is 508. The fourth-order valence-corrected chi connectivity index (χ4v) is 3.04. The van der Waals surface area contributed by atoms with Crippen molar-refractivity contribution < 1.29 is 14.3 Å². The number of rotatable bonds is 1. The highest BCUT2D eigenvalue weighted by Gasteiger charge is 2.54. The highest BCUT2D eigenvalue weighted by Crippen LogP contribution is 2.45. The molecule has 2 atom stereocenters. The van der Waals surface area contributed by atoms with Crippen LogP contribution in [-0.4, -0.2) is 35.8 Å². The van der Waals surface area contributed by atoms with Gasteiger partial charge in [-0.3, -0.25) is 4.90 Å². The molecule has 0 aliphatic carbocycles. The van der Waals surface area contributed by atoms with Crippen LogP contribution in [0, 0.1) is 0 Å². The Morgan fingerprint density at radius 1 is 1.35 bits per heavy atom. The molecule has 2 fully saturated rings. The van der Waals surface area contributed by atoms with Gasteiger partial charge in [-0.05, 0) is 26.3 Å². The molecular weight excluding hydrogens is 254 g/mol. The molecule has 4 heteroatoms. The van der Waals surface area contributed by atoms with Gasteiger partial charge in [0.15, 0.2) is 0 Å². The van der Waals surface area contributed by atoms with Gasteiger partial charge in [0, 0.05) is 6.42 Å². The summed E-state index contributed by atoms with van der Waals surface area (Å²) in [7, 11) is 0. The highest BCUT2D eigenvalue weighted by molar-refractivity contribution is 5.69. The number of likely N-dealkylation sites (tertiary alicyclic amines) is 1. The molecule has 20 heavy (non-hydrogen) atoms. The largest absolute Gasteiger partial charge is 0.444 e. The molecule has 0 unspecified atom stereocenters. The first-order valence-electron chi connectivity index (χ1n) is 7.09. The second-order valence-corrected chi connectivity index (χ2v) is 6.64. The number of hydrogen-bond donors (Lipinski definition) is 0. The third-order valence-corrected chi connectivity index (χ3v) is 3.91. The van der Waals surface area contributed by atoms with Gasteiger partial charge in [-0.25, -0.2) is 4.79 Å². The average molecular weight is 275 g/mol. The molecule has 1 aromatic rings. The Kier molecular flexibility index (Phi) is 3.01. The first-order valence-corrected chi connectivity index (χ1v) is 7.09. The molecule has 0 aromatic heterocycles. The van der Waals surface area contributed by atoms with Crippen LogP contribution in [0.25, 0.3) is 0 Å². The van der Waals surface area contributed by atoms with Crippen molar-refractivity contribution in [2.45, 2.75) is 44.4 Å². The number of fused-ring (bicyclic) bond motifs is 2. The number of carbonyl (C=O) groups excluding carboxylic acids is 1. The van der Waals surface area contributed by atoms with Crippen LogP contribution in [-0.2, 0) is 15.1 Å². The van der Waals surface area contributed by atoms with Crippen molar-refractivity contribution in [3.63, 3.8) is 0 Å². The second-order valence-electron chi connectivity index (χ2n) is 6.64. The average Bonchev–Trinajstić information content (AvgIpc) is 2.97. The molecule has 3 rings (SSSR count). The molecule has 1 amide bonds. The molecule has 0 radical (unpaired) electrons. The van der Waals surface area contributed by atoms with Crippen molar-refractivity contribution in [1.29, 1.82) is 0 Å².